The Balaban J connectivity index is 1.88. The van der Waals surface area contributed by atoms with E-state index in [1.165, 1.54) is 0 Å². The molecule has 3 amide bonds. The first kappa shape index (κ1) is 33.2. The predicted molar refractivity (Wildman–Crippen MR) is 154 cm³/mol. The first-order valence-electron chi connectivity index (χ1n) is 12.3. The second-order valence-corrected chi connectivity index (χ2v) is 12.2. The molecule has 3 heterocycles. The summed E-state index contributed by atoms with van der Waals surface area (Å²) in [6, 6.07) is -1.33. The maximum Gasteiger partial charge on any atom is 0.414 e. The second-order valence-electron chi connectivity index (χ2n) is 9.67. The van der Waals surface area contributed by atoms with Crippen LogP contribution in [-0.2, 0) is 49.2 Å². The van der Waals surface area contributed by atoms with E-state index in [1.807, 2.05) is 0 Å². The number of hydrogen-bond donors (Lipinski definition) is 2. The second kappa shape index (κ2) is 13.7. The van der Waals surface area contributed by atoms with Crippen molar-refractivity contribution < 1.29 is 47.4 Å². The molecule has 1 aromatic heterocycles. The lowest BCUT2D eigenvalue weighted by atomic mass is 10.0. The van der Waals surface area contributed by atoms with Gasteiger partial charge in [0.15, 0.2) is 6.04 Å². The molecule has 2 N–H and O–H groups in total. The zero-order chi connectivity index (χ0) is 31.4. The molecule has 0 saturated carbocycles. The van der Waals surface area contributed by atoms with E-state index in [0.717, 1.165) is 21.0 Å². The van der Waals surface area contributed by atoms with E-state index >= 15 is 0 Å². The fourth-order valence-electron chi connectivity index (χ4n) is 3.73. The van der Waals surface area contributed by atoms with Crippen molar-refractivity contribution in [3.63, 3.8) is 0 Å². The van der Waals surface area contributed by atoms with E-state index in [1.54, 1.807) is 27.7 Å². The highest BCUT2D eigenvalue weighted by molar-refractivity contribution is 7.92. The summed E-state index contributed by atoms with van der Waals surface area (Å²) in [5, 5.41) is 7.42. The molecular formula is C21H27B2ClN6O10S2. The van der Waals surface area contributed by atoms with Gasteiger partial charge in [-0.1, -0.05) is 12.1 Å². The molecule has 3 rings (SSSR count). The number of rotatable bonds is 10. The first-order valence-corrected chi connectivity index (χ1v) is 15.0. The van der Waals surface area contributed by atoms with Crippen molar-refractivity contribution >= 4 is 91.1 Å². The van der Waals surface area contributed by atoms with Crippen LogP contribution in [0.5, 0.6) is 0 Å². The normalized spacial score (nSPS) is 21.0. The lowest BCUT2D eigenvalue weighted by Crippen LogP contribution is -2.75. The van der Waals surface area contributed by atoms with Gasteiger partial charge in [-0.2, -0.15) is 9.36 Å². The molecule has 0 aliphatic carbocycles. The molecule has 0 aromatic carbocycles. The summed E-state index contributed by atoms with van der Waals surface area (Å²) in [7, 11) is 2.27. The lowest BCUT2D eigenvalue weighted by Gasteiger charge is -2.49. The number of β-lactam (4-membered cyclic amide) rings is 1. The summed E-state index contributed by atoms with van der Waals surface area (Å²) in [4.78, 5) is 73.3. The van der Waals surface area contributed by atoms with Gasteiger partial charge >= 0.3 is 34.1 Å². The molecule has 16 nitrogen and oxygen atoms in total. The van der Waals surface area contributed by atoms with Crippen LogP contribution < -0.4 is 10.6 Å². The van der Waals surface area contributed by atoms with Crippen LogP contribution in [0.1, 0.15) is 39.9 Å². The van der Waals surface area contributed by atoms with Gasteiger partial charge in [-0.25, -0.2) is 14.4 Å². The number of amides is 3. The smallest absolute Gasteiger partial charge is 0.414 e. The van der Waals surface area contributed by atoms with Gasteiger partial charge in [0.25, 0.3) is 11.8 Å². The highest BCUT2D eigenvalue weighted by atomic mass is 35.5. The lowest BCUT2D eigenvalue weighted by molar-refractivity contribution is -0.149. The molecule has 0 bridgehead atoms. The number of nitrogens with zero attached hydrogens (tertiary/aromatic N) is 4. The molecule has 1 unspecified atom stereocenters. The topological polar surface area (TPSA) is 211 Å². The Hall–Kier alpha value is -3.35. The zero-order valence-corrected chi connectivity index (χ0v) is 25.8. The number of oxime groups is 1. The third-order valence-corrected chi connectivity index (χ3v) is 8.21. The number of anilines is 1. The van der Waals surface area contributed by atoms with Gasteiger partial charge in [-0.15, -0.1) is 11.6 Å². The average molecular weight is 645 g/mol. The van der Waals surface area contributed by atoms with E-state index in [-0.39, 0.29) is 40.3 Å². The Morgan fingerprint density at radius 3 is 2.55 bits per heavy atom. The van der Waals surface area contributed by atoms with Crippen LogP contribution in [0.15, 0.2) is 16.4 Å². The average Bonchev–Trinajstić information content (AvgIpc) is 3.38. The Bertz CT molecular complexity index is 1320. The molecular weight excluding hydrogens is 617 g/mol. The number of hydrogen-bond acceptors (Lipinski definition) is 14. The molecule has 21 heteroatoms. The van der Waals surface area contributed by atoms with Crippen LogP contribution in [-0.4, -0.2) is 105 Å². The molecule has 42 heavy (non-hydrogen) atoms. The Morgan fingerprint density at radius 2 is 1.98 bits per heavy atom. The number of ether oxygens (including phenoxy) is 1. The fourth-order valence-corrected chi connectivity index (χ4v) is 6.30. The zero-order valence-electron chi connectivity index (χ0n) is 23.4. The number of alkyl halides is 1. The summed E-state index contributed by atoms with van der Waals surface area (Å²) in [6.07, 6.45) is -1.89. The van der Waals surface area contributed by atoms with Crippen LogP contribution in [0.25, 0.3) is 0 Å². The third-order valence-electron chi connectivity index (χ3n) is 5.60. The largest absolute Gasteiger partial charge is 0.614 e. The van der Waals surface area contributed by atoms with Crippen LogP contribution in [0, 0.1) is 0 Å². The molecule has 1 fully saturated rings. The Morgan fingerprint density at radius 1 is 1.29 bits per heavy atom. The number of aromatic nitrogens is 2. The number of halogens is 1. The number of nitrogens with one attached hydrogen (secondary N) is 2. The number of fused-ring (bicyclic) bond motifs is 1. The fraction of sp³-hybridized carbons (Fsp3) is 0.524. The van der Waals surface area contributed by atoms with Crippen molar-refractivity contribution in [3.05, 3.63) is 17.1 Å². The quantitative estimate of drug-likeness (QED) is 0.0742. The maximum atomic E-state index is 13.4. The van der Waals surface area contributed by atoms with Crippen molar-refractivity contribution in [2.45, 2.75) is 57.2 Å². The van der Waals surface area contributed by atoms with Crippen molar-refractivity contribution in [2.24, 2.45) is 5.16 Å². The molecule has 4 atom stereocenters. The molecule has 0 radical (unpaired) electrons. The van der Waals surface area contributed by atoms with E-state index in [9.17, 15) is 28.5 Å². The van der Waals surface area contributed by atoms with Gasteiger partial charge in [0, 0.05) is 17.1 Å². The minimum atomic E-state index is -1.74. The van der Waals surface area contributed by atoms with Gasteiger partial charge in [-0.05, 0) is 38.4 Å². The Kier molecular flexibility index (Phi) is 10.9. The summed E-state index contributed by atoms with van der Waals surface area (Å²) >= 11 is 4.86. The van der Waals surface area contributed by atoms with Gasteiger partial charge in [0.2, 0.25) is 28.1 Å². The highest BCUT2D eigenvalue weighted by Crippen LogP contribution is 2.37. The van der Waals surface area contributed by atoms with Crippen LogP contribution in [0.4, 0.5) is 9.93 Å². The molecule has 1 saturated heterocycles. The third kappa shape index (κ3) is 7.34. The predicted octanol–water partition coefficient (Wildman–Crippen LogP) is -1.52. The first-order chi connectivity index (χ1) is 19.8. The highest BCUT2D eigenvalue weighted by Gasteiger charge is 2.61. The summed E-state index contributed by atoms with van der Waals surface area (Å²) in [6.45, 7) is 6.61. The van der Waals surface area contributed by atoms with E-state index in [2.05, 4.69) is 29.8 Å². The molecule has 0 spiro atoms. The minimum Gasteiger partial charge on any atom is -0.614 e. The van der Waals surface area contributed by atoms with Gasteiger partial charge in [-0.3, -0.25) is 19.8 Å². The summed E-state index contributed by atoms with van der Waals surface area (Å²) < 4.78 is 31.6. The molecule has 2 aliphatic rings. The van der Waals surface area contributed by atoms with Gasteiger partial charge in [0.1, 0.15) is 17.1 Å². The molecule has 1 aromatic rings. The SMILES string of the molecule is BOC(=O)C1=C(CCl)C[S+]([O-])[C@@H]2[C@H](NC(=O)/C(=N\O[C@@H](CC)C(=O)OB)c3nsc(NC(=O)OC(C)(C)C)n3)C(=O)N12. The molecule has 226 valence electrons. The number of carbonyl (C=O) groups excluding carboxylic acids is 5. The minimum absolute atomic E-state index is 0.0551. The van der Waals surface area contributed by atoms with Gasteiger partial charge < -0.3 is 28.8 Å². The van der Waals surface area contributed by atoms with Crippen LogP contribution >= 0.6 is 23.1 Å². The number of carbonyl (C=O) groups is 5. The van der Waals surface area contributed by atoms with Crippen molar-refractivity contribution in [2.75, 3.05) is 16.9 Å². The van der Waals surface area contributed by atoms with E-state index in [4.69, 9.17) is 25.8 Å². The summed E-state index contributed by atoms with van der Waals surface area (Å²) in [5.41, 5.74) is -1.23. The van der Waals surface area contributed by atoms with Crippen molar-refractivity contribution in [3.8, 4) is 0 Å². The van der Waals surface area contributed by atoms with Crippen LogP contribution in [0.2, 0.25) is 0 Å². The monoisotopic (exact) mass is 644 g/mol. The van der Waals surface area contributed by atoms with E-state index in [0.29, 0.717) is 11.5 Å². The van der Waals surface area contributed by atoms with Crippen molar-refractivity contribution in [1.82, 2.24) is 19.6 Å². The maximum absolute atomic E-state index is 13.4. The van der Waals surface area contributed by atoms with Gasteiger partial charge in [0.05, 0.1) is 5.88 Å². The summed E-state index contributed by atoms with van der Waals surface area (Å²) in [5.74, 6) is -3.99. The Labute approximate surface area is 254 Å². The molecule has 2 aliphatic heterocycles. The standard InChI is InChI=1S/C21H27B2ClN6O10S2/c1-5-9(17(33)38-22)40-28-10(13-26-19(41-29-13)27-20(35)37-21(2,3)4)14(31)25-11-15(32)30-12(18(34)39-23)8(6-24)7-42(36)16(11)30/h9,11,16H,5-7,22-23H2,1-4H3,(H,25,31)(H,26,27,29,35)/b28-10-/t9-,11+,16+,42?/m0/s1. The van der Waals surface area contributed by atoms with E-state index < -0.39 is 69.9 Å². The van der Waals surface area contributed by atoms with Crippen LogP contribution in [0.3, 0.4) is 0 Å². The van der Waals surface area contributed by atoms with Crippen molar-refractivity contribution in [1.29, 1.82) is 0 Å².